The van der Waals surface area contributed by atoms with Crippen LogP contribution in [-0.4, -0.2) is 31.8 Å². The van der Waals surface area contributed by atoms with Gasteiger partial charge in [0.25, 0.3) is 0 Å². The van der Waals surface area contributed by atoms with Crippen LogP contribution in [0.4, 0.5) is 5.69 Å². The molecule has 0 unspecified atom stereocenters. The van der Waals surface area contributed by atoms with Crippen LogP contribution in [0.2, 0.25) is 0 Å². The van der Waals surface area contributed by atoms with Gasteiger partial charge in [-0.3, -0.25) is 0 Å². The van der Waals surface area contributed by atoms with E-state index in [4.69, 9.17) is 9.47 Å². The van der Waals surface area contributed by atoms with Crippen molar-refractivity contribution in [2.75, 3.05) is 19.0 Å². The zero-order valence-corrected chi connectivity index (χ0v) is 12.2. The van der Waals surface area contributed by atoms with Crippen molar-refractivity contribution < 1.29 is 14.3 Å². The van der Waals surface area contributed by atoms with Crippen molar-refractivity contribution in [2.45, 2.75) is 44.8 Å². The van der Waals surface area contributed by atoms with Gasteiger partial charge in [0.1, 0.15) is 0 Å². The van der Waals surface area contributed by atoms with Crippen LogP contribution in [0.15, 0.2) is 24.3 Å². The summed E-state index contributed by atoms with van der Waals surface area (Å²) in [5.74, 6) is -0.263. The number of nitrogens with one attached hydrogen (secondary N) is 1. The molecule has 2 rings (SSSR count). The summed E-state index contributed by atoms with van der Waals surface area (Å²) < 4.78 is 10.5. The number of ether oxygens (including phenoxy) is 2. The van der Waals surface area contributed by atoms with E-state index in [1.165, 1.54) is 0 Å². The summed E-state index contributed by atoms with van der Waals surface area (Å²) in [5, 5.41) is 3.48. The fourth-order valence-corrected chi connectivity index (χ4v) is 2.66. The number of anilines is 1. The van der Waals surface area contributed by atoms with E-state index >= 15 is 0 Å². The van der Waals surface area contributed by atoms with Crippen molar-refractivity contribution in [3.8, 4) is 0 Å². The van der Waals surface area contributed by atoms with E-state index in [1.54, 1.807) is 13.2 Å². The maximum absolute atomic E-state index is 11.9. The molecule has 1 aliphatic rings. The zero-order valence-electron chi connectivity index (χ0n) is 12.2. The Balaban J connectivity index is 2.01. The highest BCUT2D eigenvalue weighted by Crippen LogP contribution is 2.25. The molecule has 0 heterocycles. The fraction of sp³-hybridized carbons (Fsp3) is 0.562. The first-order chi connectivity index (χ1) is 9.74. The quantitative estimate of drug-likeness (QED) is 0.839. The summed E-state index contributed by atoms with van der Waals surface area (Å²) in [6.45, 7) is 2.21. The molecule has 4 nitrogen and oxygen atoms in total. The Labute approximate surface area is 120 Å². The molecule has 1 N–H and O–H groups in total. The van der Waals surface area contributed by atoms with Crippen LogP contribution < -0.4 is 5.32 Å². The molecule has 0 saturated heterocycles. The molecule has 0 aromatic heterocycles. The van der Waals surface area contributed by atoms with E-state index in [1.807, 2.05) is 25.1 Å². The van der Waals surface area contributed by atoms with Crippen LogP contribution in [0, 0.1) is 0 Å². The van der Waals surface area contributed by atoms with Gasteiger partial charge in [-0.1, -0.05) is 12.1 Å². The highest BCUT2D eigenvalue weighted by atomic mass is 16.5. The Kier molecular flexibility index (Phi) is 5.41. The minimum atomic E-state index is -0.263. The largest absolute Gasteiger partial charge is 0.462 e. The van der Waals surface area contributed by atoms with Crippen molar-refractivity contribution in [3.05, 3.63) is 29.8 Å². The van der Waals surface area contributed by atoms with Gasteiger partial charge in [0.15, 0.2) is 0 Å². The lowest BCUT2D eigenvalue weighted by Crippen LogP contribution is -2.29. The van der Waals surface area contributed by atoms with Crippen molar-refractivity contribution in [3.63, 3.8) is 0 Å². The molecule has 0 atom stereocenters. The smallest absolute Gasteiger partial charge is 0.340 e. The number of para-hydroxylation sites is 1. The summed E-state index contributed by atoms with van der Waals surface area (Å²) >= 11 is 0. The molecule has 1 aromatic carbocycles. The Morgan fingerprint density at radius 3 is 2.60 bits per heavy atom. The van der Waals surface area contributed by atoms with E-state index in [0.717, 1.165) is 31.4 Å². The average molecular weight is 277 g/mol. The van der Waals surface area contributed by atoms with Gasteiger partial charge in [-0.25, -0.2) is 4.79 Å². The van der Waals surface area contributed by atoms with Crippen LogP contribution in [0.1, 0.15) is 43.0 Å². The van der Waals surface area contributed by atoms with Crippen LogP contribution >= 0.6 is 0 Å². The third-order valence-corrected chi connectivity index (χ3v) is 3.79. The number of carbonyl (C=O) groups excluding carboxylic acids is 1. The lowest BCUT2D eigenvalue weighted by Gasteiger charge is -2.29. The molecule has 0 spiro atoms. The van der Waals surface area contributed by atoms with E-state index in [9.17, 15) is 4.79 Å². The van der Waals surface area contributed by atoms with Crippen LogP contribution in [0.3, 0.4) is 0 Å². The molecular formula is C16H23NO3. The average Bonchev–Trinajstić information content (AvgIpc) is 2.49. The van der Waals surface area contributed by atoms with E-state index in [2.05, 4.69) is 5.32 Å². The van der Waals surface area contributed by atoms with E-state index in [-0.39, 0.29) is 5.97 Å². The first kappa shape index (κ1) is 14.9. The van der Waals surface area contributed by atoms with Crippen molar-refractivity contribution >= 4 is 11.7 Å². The molecule has 110 valence electrons. The van der Waals surface area contributed by atoms with Gasteiger partial charge >= 0.3 is 5.97 Å². The number of rotatable bonds is 5. The monoisotopic (exact) mass is 277 g/mol. The minimum Gasteiger partial charge on any atom is -0.462 e. The minimum absolute atomic E-state index is 0.263. The standard InChI is InChI=1S/C16H23NO3/c1-3-20-16(18)14-6-4-5-7-15(14)17-12-8-10-13(19-2)11-9-12/h4-7,12-13,17H,3,8-11H2,1-2H3. The normalized spacial score (nSPS) is 22.3. The molecule has 0 bridgehead atoms. The number of hydrogen-bond donors (Lipinski definition) is 1. The first-order valence-electron chi connectivity index (χ1n) is 7.30. The predicted molar refractivity (Wildman–Crippen MR) is 79.1 cm³/mol. The molecule has 0 radical (unpaired) electrons. The second kappa shape index (κ2) is 7.29. The molecule has 1 fully saturated rings. The van der Waals surface area contributed by atoms with E-state index < -0.39 is 0 Å². The van der Waals surface area contributed by atoms with E-state index in [0.29, 0.717) is 24.3 Å². The van der Waals surface area contributed by atoms with Crippen LogP contribution in [0.5, 0.6) is 0 Å². The SMILES string of the molecule is CCOC(=O)c1ccccc1NC1CCC(OC)CC1. The fourth-order valence-electron chi connectivity index (χ4n) is 2.66. The first-order valence-corrected chi connectivity index (χ1v) is 7.30. The van der Waals surface area contributed by atoms with Crippen molar-refractivity contribution in [1.82, 2.24) is 0 Å². The summed E-state index contributed by atoms with van der Waals surface area (Å²) in [4.78, 5) is 11.9. The third kappa shape index (κ3) is 3.73. The zero-order chi connectivity index (χ0) is 14.4. The maximum Gasteiger partial charge on any atom is 0.340 e. The number of esters is 1. The maximum atomic E-state index is 11.9. The Hall–Kier alpha value is -1.55. The van der Waals surface area contributed by atoms with Gasteiger partial charge < -0.3 is 14.8 Å². The van der Waals surface area contributed by atoms with Gasteiger partial charge in [-0.05, 0) is 44.7 Å². The Bertz CT molecular complexity index is 439. The lowest BCUT2D eigenvalue weighted by molar-refractivity contribution is 0.0526. The van der Waals surface area contributed by atoms with Crippen LogP contribution in [-0.2, 0) is 9.47 Å². The number of hydrogen-bond acceptors (Lipinski definition) is 4. The van der Waals surface area contributed by atoms with Gasteiger partial charge in [-0.15, -0.1) is 0 Å². The molecule has 1 aromatic rings. The summed E-state index contributed by atoms with van der Waals surface area (Å²) in [6.07, 6.45) is 4.64. The molecule has 0 aliphatic heterocycles. The number of carbonyl (C=O) groups is 1. The van der Waals surface area contributed by atoms with Gasteiger partial charge in [-0.2, -0.15) is 0 Å². The van der Waals surface area contributed by atoms with Crippen molar-refractivity contribution in [1.29, 1.82) is 0 Å². The molecule has 4 heteroatoms. The summed E-state index contributed by atoms with van der Waals surface area (Å²) in [7, 11) is 1.77. The molecule has 1 saturated carbocycles. The second-order valence-electron chi connectivity index (χ2n) is 5.12. The second-order valence-corrected chi connectivity index (χ2v) is 5.12. The summed E-state index contributed by atoms with van der Waals surface area (Å²) in [6, 6.07) is 7.94. The summed E-state index contributed by atoms with van der Waals surface area (Å²) in [5.41, 5.74) is 1.48. The Morgan fingerprint density at radius 1 is 1.25 bits per heavy atom. The highest BCUT2D eigenvalue weighted by Gasteiger charge is 2.22. The Morgan fingerprint density at radius 2 is 1.95 bits per heavy atom. The van der Waals surface area contributed by atoms with Crippen molar-refractivity contribution in [2.24, 2.45) is 0 Å². The molecule has 20 heavy (non-hydrogen) atoms. The lowest BCUT2D eigenvalue weighted by atomic mass is 9.92. The van der Waals surface area contributed by atoms with Gasteiger partial charge in [0, 0.05) is 18.8 Å². The molecular weight excluding hydrogens is 254 g/mol. The number of methoxy groups -OCH3 is 1. The van der Waals surface area contributed by atoms with Gasteiger partial charge in [0.05, 0.1) is 18.3 Å². The third-order valence-electron chi connectivity index (χ3n) is 3.79. The molecule has 1 aliphatic carbocycles. The number of benzene rings is 1. The molecule has 0 amide bonds. The highest BCUT2D eigenvalue weighted by molar-refractivity contribution is 5.95. The van der Waals surface area contributed by atoms with Crippen LogP contribution in [0.25, 0.3) is 0 Å². The van der Waals surface area contributed by atoms with Gasteiger partial charge in [0.2, 0.25) is 0 Å². The predicted octanol–water partition coefficient (Wildman–Crippen LogP) is 3.23. The topological polar surface area (TPSA) is 47.6 Å².